The third-order valence-electron chi connectivity index (χ3n) is 7.10. The maximum Gasteiger partial charge on any atom is 0.312 e. The van der Waals surface area contributed by atoms with Gasteiger partial charge in [0.25, 0.3) is 0 Å². The number of hydrogen-bond donors (Lipinski definition) is 1. The number of esters is 1. The first-order chi connectivity index (χ1) is 18.6. The van der Waals surface area contributed by atoms with E-state index in [0.717, 1.165) is 30.8 Å². The summed E-state index contributed by atoms with van der Waals surface area (Å²) in [6.07, 6.45) is 1.79. The Bertz CT molecular complexity index is 1510. The third kappa shape index (κ3) is 4.61. The number of benzene rings is 4. The van der Waals surface area contributed by atoms with Crippen LogP contribution in [0.2, 0.25) is 0 Å². The summed E-state index contributed by atoms with van der Waals surface area (Å²) in [5, 5.41) is 11.2. The molecule has 0 fully saturated rings. The highest BCUT2D eigenvalue weighted by Crippen LogP contribution is 2.45. The van der Waals surface area contributed by atoms with Crippen LogP contribution in [0.4, 0.5) is 0 Å². The Labute approximate surface area is 220 Å². The van der Waals surface area contributed by atoms with E-state index in [1.165, 1.54) is 17.2 Å². The lowest BCUT2D eigenvalue weighted by atomic mass is 9.84. The first-order valence-electron chi connectivity index (χ1n) is 12.7. The van der Waals surface area contributed by atoms with Crippen molar-refractivity contribution in [2.45, 2.75) is 25.2 Å². The minimum absolute atomic E-state index is 0.0613. The van der Waals surface area contributed by atoms with Crippen LogP contribution in [0.25, 0.3) is 0 Å². The number of carbonyl (C=O) groups is 2. The highest BCUT2D eigenvalue weighted by molar-refractivity contribution is 6.11. The van der Waals surface area contributed by atoms with Crippen molar-refractivity contribution in [3.8, 4) is 23.0 Å². The molecule has 6 nitrogen and oxygen atoms in total. The SMILES string of the molecule is O=C1C[C@H](c2ccc(OCCc3ccc4c(c3)CCO4)cc2)c2c(ccc(C(=O)c3ccccc3)c2O)O1. The number of phenols is 1. The fourth-order valence-electron chi connectivity index (χ4n) is 5.14. The van der Waals surface area contributed by atoms with E-state index in [4.69, 9.17) is 14.2 Å². The summed E-state index contributed by atoms with van der Waals surface area (Å²) in [5.74, 6) is 0.681. The standard InChI is InChI=1S/C32H26O6/c33-29-19-26(30-28(38-29)13-11-25(32(30)35)31(34)22-4-2-1-3-5-22)21-7-9-24(10-8-21)36-16-14-20-6-12-27-23(18-20)15-17-37-27/h1-13,18,26,35H,14-17,19H2/t26-/m1/s1. The van der Waals surface area contributed by atoms with Crippen molar-refractivity contribution in [1.82, 2.24) is 0 Å². The van der Waals surface area contributed by atoms with Gasteiger partial charge in [0.1, 0.15) is 23.0 Å². The highest BCUT2D eigenvalue weighted by atomic mass is 16.5. The number of hydrogen-bond acceptors (Lipinski definition) is 6. The fourth-order valence-corrected chi connectivity index (χ4v) is 5.14. The molecule has 1 atom stereocenters. The molecule has 2 aliphatic heterocycles. The number of phenolic OH excluding ortho intramolecular Hbond substituents is 1. The van der Waals surface area contributed by atoms with Gasteiger partial charge >= 0.3 is 5.97 Å². The van der Waals surface area contributed by atoms with Crippen molar-refractivity contribution in [3.05, 3.63) is 118 Å². The summed E-state index contributed by atoms with van der Waals surface area (Å²) in [6, 6.07) is 25.6. The minimum Gasteiger partial charge on any atom is -0.507 e. The first kappa shape index (κ1) is 23.8. The Morgan fingerprint density at radius 1 is 0.947 bits per heavy atom. The molecule has 190 valence electrons. The van der Waals surface area contributed by atoms with Gasteiger partial charge in [-0.25, -0.2) is 0 Å². The van der Waals surface area contributed by atoms with Crippen LogP contribution < -0.4 is 14.2 Å². The molecule has 0 bridgehead atoms. The molecule has 2 heterocycles. The maximum absolute atomic E-state index is 13.1. The average Bonchev–Trinajstić information content (AvgIpc) is 3.41. The molecule has 2 aliphatic rings. The lowest BCUT2D eigenvalue weighted by molar-refractivity contribution is -0.135. The number of rotatable bonds is 7. The third-order valence-corrected chi connectivity index (χ3v) is 7.10. The minimum atomic E-state index is -0.447. The topological polar surface area (TPSA) is 82.1 Å². The van der Waals surface area contributed by atoms with E-state index in [1.54, 1.807) is 30.3 Å². The van der Waals surface area contributed by atoms with Crippen molar-refractivity contribution < 1.29 is 28.9 Å². The molecule has 0 saturated heterocycles. The Hall–Kier alpha value is -4.58. The second-order valence-electron chi connectivity index (χ2n) is 9.51. The van der Waals surface area contributed by atoms with E-state index >= 15 is 0 Å². The van der Waals surface area contributed by atoms with Crippen molar-refractivity contribution in [3.63, 3.8) is 0 Å². The summed E-state index contributed by atoms with van der Waals surface area (Å²) < 4.78 is 16.9. The lowest BCUT2D eigenvalue weighted by Gasteiger charge is -2.26. The molecular formula is C32H26O6. The van der Waals surface area contributed by atoms with E-state index < -0.39 is 5.92 Å². The molecule has 1 N–H and O–H groups in total. The summed E-state index contributed by atoms with van der Waals surface area (Å²) in [7, 11) is 0. The largest absolute Gasteiger partial charge is 0.507 e. The van der Waals surface area contributed by atoms with Crippen LogP contribution in [0.15, 0.2) is 84.9 Å². The first-order valence-corrected chi connectivity index (χ1v) is 12.7. The number of carbonyl (C=O) groups excluding carboxylic acids is 2. The quantitative estimate of drug-likeness (QED) is 0.199. The zero-order valence-corrected chi connectivity index (χ0v) is 20.7. The Balaban J connectivity index is 1.20. The normalized spacial score (nSPS) is 15.7. The van der Waals surface area contributed by atoms with Crippen LogP contribution in [-0.2, 0) is 17.6 Å². The van der Waals surface area contributed by atoms with Gasteiger partial charge in [-0.2, -0.15) is 0 Å². The number of fused-ring (bicyclic) bond motifs is 2. The van der Waals surface area contributed by atoms with Gasteiger partial charge in [0.2, 0.25) is 0 Å². The van der Waals surface area contributed by atoms with Crippen molar-refractivity contribution >= 4 is 11.8 Å². The molecule has 0 amide bonds. The van der Waals surface area contributed by atoms with Crippen molar-refractivity contribution in [1.29, 1.82) is 0 Å². The van der Waals surface area contributed by atoms with Crippen LogP contribution in [0, 0.1) is 0 Å². The van der Waals surface area contributed by atoms with E-state index in [-0.39, 0.29) is 35.2 Å². The summed E-state index contributed by atoms with van der Waals surface area (Å²) in [4.78, 5) is 25.4. The van der Waals surface area contributed by atoms with Crippen LogP contribution in [0.3, 0.4) is 0 Å². The van der Waals surface area contributed by atoms with E-state index in [2.05, 4.69) is 12.1 Å². The van der Waals surface area contributed by atoms with Gasteiger partial charge in [0, 0.05) is 29.9 Å². The van der Waals surface area contributed by atoms with Gasteiger partial charge in [-0.15, -0.1) is 0 Å². The molecule has 6 heteroatoms. The lowest BCUT2D eigenvalue weighted by Crippen LogP contribution is -2.22. The fraction of sp³-hybridized carbons (Fsp3) is 0.188. The molecular weight excluding hydrogens is 480 g/mol. The monoisotopic (exact) mass is 506 g/mol. The summed E-state index contributed by atoms with van der Waals surface area (Å²) in [5.41, 5.74) is 4.38. The maximum atomic E-state index is 13.1. The number of ether oxygens (including phenoxy) is 3. The summed E-state index contributed by atoms with van der Waals surface area (Å²) in [6.45, 7) is 1.27. The van der Waals surface area contributed by atoms with Gasteiger partial charge in [0.05, 0.1) is 25.2 Å². The molecule has 0 saturated carbocycles. The molecule has 38 heavy (non-hydrogen) atoms. The summed E-state index contributed by atoms with van der Waals surface area (Å²) >= 11 is 0. The zero-order chi connectivity index (χ0) is 26.1. The zero-order valence-electron chi connectivity index (χ0n) is 20.7. The average molecular weight is 507 g/mol. The van der Waals surface area contributed by atoms with E-state index in [0.29, 0.717) is 23.5 Å². The van der Waals surface area contributed by atoms with Crippen LogP contribution in [0.1, 0.15) is 50.5 Å². The number of aromatic hydroxyl groups is 1. The van der Waals surface area contributed by atoms with Gasteiger partial charge in [-0.3, -0.25) is 9.59 Å². The Morgan fingerprint density at radius 2 is 1.74 bits per heavy atom. The smallest absolute Gasteiger partial charge is 0.312 e. The van der Waals surface area contributed by atoms with Gasteiger partial charge in [-0.1, -0.05) is 54.6 Å². The second-order valence-corrected chi connectivity index (χ2v) is 9.51. The van der Waals surface area contributed by atoms with Gasteiger partial charge in [0.15, 0.2) is 5.78 Å². The van der Waals surface area contributed by atoms with E-state index in [1.807, 2.05) is 36.4 Å². The molecule has 0 aromatic heterocycles. The van der Waals surface area contributed by atoms with Crippen molar-refractivity contribution in [2.75, 3.05) is 13.2 Å². The van der Waals surface area contributed by atoms with E-state index in [9.17, 15) is 14.7 Å². The number of ketones is 1. The predicted octanol–water partition coefficient (Wildman–Crippen LogP) is 5.62. The van der Waals surface area contributed by atoms with Gasteiger partial charge < -0.3 is 19.3 Å². The Kier molecular flexibility index (Phi) is 6.30. The predicted molar refractivity (Wildman–Crippen MR) is 141 cm³/mol. The molecule has 4 aromatic carbocycles. The van der Waals surface area contributed by atoms with Crippen LogP contribution in [-0.4, -0.2) is 30.1 Å². The van der Waals surface area contributed by atoms with Crippen LogP contribution in [0.5, 0.6) is 23.0 Å². The molecule has 0 radical (unpaired) electrons. The van der Waals surface area contributed by atoms with Crippen molar-refractivity contribution in [2.24, 2.45) is 0 Å². The highest BCUT2D eigenvalue weighted by Gasteiger charge is 2.33. The second kappa shape index (κ2) is 10.1. The molecule has 0 unspecified atom stereocenters. The van der Waals surface area contributed by atoms with Gasteiger partial charge in [-0.05, 0) is 47.0 Å². The molecule has 0 aliphatic carbocycles. The molecule has 6 rings (SSSR count). The Morgan fingerprint density at radius 3 is 2.55 bits per heavy atom. The molecule has 0 spiro atoms. The van der Waals surface area contributed by atoms with Crippen LogP contribution >= 0.6 is 0 Å². The molecule has 4 aromatic rings.